The first-order valence-corrected chi connectivity index (χ1v) is 10.7. The fourth-order valence-corrected chi connectivity index (χ4v) is 4.40. The molecule has 0 spiro atoms. The van der Waals surface area contributed by atoms with Crippen LogP contribution in [0.15, 0.2) is 30.3 Å². The second-order valence-electron chi connectivity index (χ2n) is 8.13. The highest BCUT2D eigenvalue weighted by Crippen LogP contribution is 2.33. The Balaban J connectivity index is 1.54. The number of carbonyl (C=O) groups is 2. The van der Waals surface area contributed by atoms with Gasteiger partial charge in [-0.25, -0.2) is 4.79 Å². The minimum absolute atomic E-state index is 0.113. The van der Waals surface area contributed by atoms with Crippen molar-refractivity contribution in [2.75, 3.05) is 26.2 Å². The normalized spacial score (nSPS) is 19.4. The smallest absolute Gasteiger partial charge is 0.315 e. The zero-order valence-corrected chi connectivity index (χ0v) is 17.0. The Hall–Kier alpha value is -2.08. The molecule has 3 amide bonds. The van der Waals surface area contributed by atoms with E-state index in [1.807, 2.05) is 35.2 Å². The molecule has 3 rings (SSSR count). The van der Waals surface area contributed by atoms with Crippen LogP contribution in [0.25, 0.3) is 0 Å². The Morgan fingerprint density at radius 1 is 1.11 bits per heavy atom. The summed E-state index contributed by atoms with van der Waals surface area (Å²) in [6.07, 6.45) is 5.52. The lowest BCUT2D eigenvalue weighted by atomic mass is 9.91. The molecule has 2 aliphatic rings. The summed E-state index contributed by atoms with van der Waals surface area (Å²) < 4.78 is 0. The molecule has 1 aliphatic carbocycles. The minimum atomic E-state index is -0.727. The van der Waals surface area contributed by atoms with Gasteiger partial charge >= 0.3 is 6.03 Å². The van der Waals surface area contributed by atoms with Gasteiger partial charge in [-0.15, -0.1) is 0 Å². The quantitative estimate of drug-likeness (QED) is 0.674. The fraction of sp³-hybridized carbons (Fsp3) is 0.636. The molecule has 1 aromatic carbocycles. The van der Waals surface area contributed by atoms with E-state index >= 15 is 0 Å². The van der Waals surface area contributed by atoms with Crippen molar-refractivity contribution in [1.29, 1.82) is 0 Å². The van der Waals surface area contributed by atoms with Crippen molar-refractivity contribution in [3.8, 4) is 0 Å². The number of urea groups is 1. The van der Waals surface area contributed by atoms with E-state index in [0.717, 1.165) is 70.3 Å². The Morgan fingerprint density at radius 3 is 2.43 bits per heavy atom. The van der Waals surface area contributed by atoms with Crippen LogP contribution in [-0.4, -0.2) is 48.6 Å². The van der Waals surface area contributed by atoms with E-state index in [-0.39, 0.29) is 11.9 Å². The van der Waals surface area contributed by atoms with Gasteiger partial charge in [0.1, 0.15) is 5.54 Å². The van der Waals surface area contributed by atoms with Crippen LogP contribution in [0, 0.1) is 5.92 Å². The summed E-state index contributed by atoms with van der Waals surface area (Å²) in [7, 11) is 0. The molecule has 2 fully saturated rings. The Kier molecular flexibility index (Phi) is 7.31. The first kappa shape index (κ1) is 20.6. The fourth-order valence-electron chi connectivity index (χ4n) is 4.40. The number of amides is 3. The topological polar surface area (TPSA) is 73.5 Å². The van der Waals surface area contributed by atoms with Gasteiger partial charge in [-0.1, -0.05) is 50.1 Å². The van der Waals surface area contributed by atoms with Crippen molar-refractivity contribution in [2.24, 2.45) is 5.92 Å². The van der Waals surface area contributed by atoms with Gasteiger partial charge in [0.25, 0.3) is 0 Å². The molecule has 6 heteroatoms. The van der Waals surface area contributed by atoms with E-state index in [1.54, 1.807) is 0 Å². The summed E-state index contributed by atoms with van der Waals surface area (Å²) in [4.78, 5) is 27.8. The maximum absolute atomic E-state index is 13.3. The maximum Gasteiger partial charge on any atom is 0.315 e. The lowest BCUT2D eigenvalue weighted by molar-refractivity contribution is -0.139. The van der Waals surface area contributed by atoms with Crippen LogP contribution in [0.4, 0.5) is 4.79 Å². The van der Waals surface area contributed by atoms with Gasteiger partial charge < -0.3 is 20.9 Å². The van der Waals surface area contributed by atoms with E-state index in [2.05, 4.69) is 22.9 Å². The number of benzene rings is 1. The molecule has 1 saturated heterocycles. The van der Waals surface area contributed by atoms with Crippen molar-refractivity contribution in [3.63, 3.8) is 0 Å². The Morgan fingerprint density at radius 2 is 1.79 bits per heavy atom. The number of nitrogens with zero attached hydrogens (tertiary/aromatic N) is 1. The average molecular weight is 387 g/mol. The third kappa shape index (κ3) is 5.25. The van der Waals surface area contributed by atoms with Gasteiger partial charge in [0, 0.05) is 19.6 Å². The first-order chi connectivity index (χ1) is 13.6. The molecule has 3 N–H and O–H groups in total. The summed E-state index contributed by atoms with van der Waals surface area (Å²) in [5, 5.41) is 9.37. The molecule has 1 heterocycles. The third-order valence-corrected chi connectivity index (χ3v) is 6.10. The van der Waals surface area contributed by atoms with Crippen molar-refractivity contribution in [3.05, 3.63) is 35.9 Å². The van der Waals surface area contributed by atoms with Crippen LogP contribution < -0.4 is 16.0 Å². The first-order valence-electron chi connectivity index (χ1n) is 10.7. The van der Waals surface area contributed by atoms with Crippen molar-refractivity contribution >= 4 is 11.9 Å². The summed E-state index contributed by atoms with van der Waals surface area (Å²) in [5.41, 5.74) is 0.321. The zero-order chi connectivity index (χ0) is 19.8. The van der Waals surface area contributed by atoms with Gasteiger partial charge in [0.2, 0.25) is 5.91 Å². The second kappa shape index (κ2) is 9.92. The molecule has 154 valence electrons. The average Bonchev–Trinajstić information content (AvgIpc) is 3.21. The number of piperidine rings is 1. The van der Waals surface area contributed by atoms with Crippen molar-refractivity contribution in [1.82, 2.24) is 20.9 Å². The van der Waals surface area contributed by atoms with Gasteiger partial charge in [0.15, 0.2) is 0 Å². The van der Waals surface area contributed by atoms with E-state index in [9.17, 15) is 9.59 Å². The van der Waals surface area contributed by atoms with Gasteiger partial charge in [-0.2, -0.15) is 0 Å². The molecule has 1 aliphatic heterocycles. The van der Waals surface area contributed by atoms with Gasteiger partial charge in [0.05, 0.1) is 0 Å². The maximum atomic E-state index is 13.3. The molecule has 28 heavy (non-hydrogen) atoms. The molecule has 0 bridgehead atoms. The van der Waals surface area contributed by atoms with E-state index in [0.29, 0.717) is 12.5 Å². The molecule has 0 atom stereocenters. The number of likely N-dealkylation sites (tertiary alicyclic amines) is 1. The molecular formula is C22H34N4O2. The predicted octanol–water partition coefficient (Wildman–Crippen LogP) is 2.65. The van der Waals surface area contributed by atoms with Crippen LogP contribution in [0.5, 0.6) is 0 Å². The van der Waals surface area contributed by atoms with Crippen molar-refractivity contribution in [2.45, 2.75) is 57.5 Å². The monoisotopic (exact) mass is 386 g/mol. The molecule has 0 radical (unpaired) electrons. The largest absolute Gasteiger partial charge is 0.341 e. The molecule has 0 aromatic heterocycles. The highest BCUT2D eigenvalue weighted by Gasteiger charge is 2.45. The number of carbonyl (C=O) groups excluding carboxylic acids is 2. The molecule has 6 nitrogen and oxygen atoms in total. The van der Waals surface area contributed by atoms with Gasteiger partial charge in [-0.05, 0) is 50.3 Å². The number of nitrogens with one attached hydrogen (secondary N) is 3. The van der Waals surface area contributed by atoms with Crippen LogP contribution in [0.1, 0.15) is 51.0 Å². The molecule has 1 aromatic rings. The van der Waals surface area contributed by atoms with Crippen molar-refractivity contribution < 1.29 is 9.59 Å². The third-order valence-electron chi connectivity index (χ3n) is 6.10. The highest BCUT2D eigenvalue weighted by molar-refractivity contribution is 5.91. The molecule has 0 unspecified atom stereocenters. The van der Waals surface area contributed by atoms with Crippen LogP contribution in [0.3, 0.4) is 0 Å². The Labute approximate surface area is 168 Å². The Bertz CT molecular complexity index is 635. The van der Waals surface area contributed by atoms with E-state index in [4.69, 9.17) is 0 Å². The number of rotatable bonds is 7. The second-order valence-corrected chi connectivity index (χ2v) is 8.13. The number of hydrogen-bond donors (Lipinski definition) is 3. The molecular weight excluding hydrogens is 352 g/mol. The standard InChI is InChI=1S/C22H34N4O2/c1-2-23-16-19-10-14-26(15-11-19)20(27)22(12-6-7-13-22)25-21(28)24-17-18-8-4-3-5-9-18/h3-5,8-9,19,23H,2,6-7,10-17H2,1H3,(H2,24,25,28). The van der Waals surface area contributed by atoms with Gasteiger partial charge in [-0.3, -0.25) is 4.79 Å². The lowest BCUT2D eigenvalue weighted by Crippen LogP contribution is -2.61. The summed E-state index contributed by atoms with van der Waals surface area (Å²) >= 11 is 0. The van der Waals surface area contributed by atoms with E-state index < -0.39 is 5.54 Å². The van der Waals surface area contributed by atoms with Crippen LogP contribution >= 0.6 is 0 Å². The predicted molar refractivity (Wildman–Crippen MR) is 111 cm³/mol. The van der Waals surface area contributed by atoms with Crippen LogP contribution in [0.2, 0.25) is 0 Å². The lowest BCUT2D eigenvalue weighted by Gasteiger charge is -2.39. The van der Waals surface area contributed by atoms with E-state index in [1.165, 1.54) is 0 Å². The zero-order valence-electron chi connectivity index (χ0n) is 17.0. The number of hydrogen-bond acceptors (Lipinski definition) is 3. The van der Waals surface area contributed by atoms with Crippen LogP contribution in [-0.2, 0) is 11.3 Å². The summed E-state index contributed by atoms with van der Waals surface area (Å²) in [5.74, 6) is 0.757. The SMILES string of the molecule is CCNCC1CCN(C(=O)C2(NC(=O)NCc3ccccc3)CCCC2)CC1. The minimum Gasteiger partial charge on any atom is -0.341 e. The molecule has 1 saturated carbocycles. The summed E-state index contributed by atoms with van der Waals surface area (Å²) in [6, 6.07) is 9.58. The summed E-state index contributed by atoms with van der Waals surface area (Å²) in [6.45, 7) is 6.20. The highest BCUT2D eigenvalue weighted by atomic mass is 16.2.